The SMILES string of the molecule is O=C(NO)c1ccc(CN2CCC3(CCCCC3)CC2)c(F)c1. The normalized spacial score (nSPS) is 21.3. The molecule has 1 spiro atoms. The van der Waals surface area contributed by atoms with Crippen LogP contribution in [0.4, 0.5) is 4.39 Å². The largest absolute Gasteiger partial charge is 0.299 e. The van der Waals surface area contributed by atoms with Gasteiger partial charge in [0.1, 0.15) is 5.82 Å². The molecule has 0 unspecified atom stereocenters. The van der Waals surface area contributed by atoms with E-state index in [1.165, 1.54) is 56.5 Å². The van der Waals surface area contributed by atoms with Crippen molar-refractivity contribution in [1.82, 2.24) is 10.4 Å². The molecule has 5 heteroatoms. The van der Waals surface area contributed by atoms with Gasteiger partial charge in [0.05, 0.1) is 0 Å². The van der Waals surface area contributed by atoms with Crippen molar-refractivity contribution in [2.24, 2.45) is 5.41 Å². The molecule has 1 saturated heterocycles. The molecule has 0 bridgehead atoms. The van der Waals surface area contributed by atoms with Crippen LogP contribution in [0.3, 0.4) is 0 Å². The molecule has 1 heterocycles. The Morgan fingerprint density at radius 1 is 1.17 bits per heavy atom. The lowest BCUT2D eigenvalue weighted by Crippen LogP contribution is -2.40. The molecule has 0 atom stereocenters. The van der Waals surface area contributed by atoms with Crippen LogP contribution in [-0.2, 0) is 6.54 Å². The number of nitrogens with one attached hydrogen (secondary N) is 1. The van der Waals surface area contributed by atoms with Gasteiger partial charge in [0.15, 0.2) is 0 Å². The molecule has 126 valence electrons. The van der Waals surface area contributed by atoms with Crippen molar-refractivity contribution in [3.05, 3.63) is 35.1 Å². The Labute approximate surface area is 136 Å². The van der Waals surface area contributed by atoms with Crippen molar-refractivity contribution >= 4 is 5.91 Å². The Hall–Kier alpha value is -1.46. The van der Waals surface area contributed by atoms with E-state index in [9.17, 15) is 9.18 Å². The third-order valence-corrected chi connectivity index (χ3v) is 5.64. The van der Waals surface area contributed by atoms with Crippen molar-refractivity contribution in [3.8, 4) is 0 Å². The Balaban J connectivity index is 1.59. The molecule has 2 N–H and O–H groups in total. The van der Waals surface area contributed by atoms with Crippen molar-refractivity contribution < 1.29 is 14.4 Å². The van der Waals surface area contributed by atoms with Crippen LogP contribution in [-0.4, -0.2) is 29.1 Å². The molecule has 1 aromatic carbocycles. The summed E-state index contributed by atoms with van der Waals surface area (Å²) in [5.41, 5.74) is 2.82. The first kappa shape index (κ1) is 16.4. The number of benzene rings is 1. The van der Waals surface area contributed by atoms with E-state index in [0.29, 0.717) is 17.5 Å². The monoisotopic (exact) mass is 320 g/mol. The van der Waals surface area contributed by atoms with E-state index in [1.807, 2.05) is 0 Å². The zero-order valence-corrected chi connectivity index (χ0v) is 13.5. The van der Waals surface area contributed by atoms with Crippen molar-refractivity contribution in [3.63, 3.8) is 0 Å². The summed E-state index contributed by atoms with van der Waals surface area (Å²) in [5, 5.41) is 8.60. The third-order valence-electron chi connectivity index (χ3n) is 5.64. The van der Waals surface area contributed by atoms with Crippen LogP contribution in [0.2, 0.25) is 0 Å². The number of likely N-dealkylation sites (tertiary alicyclic amines) is 1. The molecular weight excluding hydrogens is 295 g/mol. The molecule has 23 heavy (non-hydrogen) atoms. The van der Waals surface area contributed by atoms with E-state index in [-0.39, 0.29) is 11.4 Å². The Morgan fingerprint density at radius 3 is 2.48 bits per heavy atom. The summed E-state index contributed by atoms with van der Waals surface area (Å²) in [6.07, 6.45) is 9.27. The first-order chi connectivity index (χ1) is 11.1. The number of carbonyl (C=O) groups is 1. The molecular formula is C18H25FN2O2. The molecule has 1 saturated carbocycles. The highest BCUT2D eigenvalue weighted by atomic mass is 19.1. The van der Waals surface area contributed by atoms with Gasteiger partial charge in [0.2, 0.25) is 0 Å². The maximum absolute atomic E-state index is 14.2. The molecule has 1 aliphatic carbocycles. The number of carbonyl (C=O) groups excluding carboxylic acids is 1. The average Bonchev–Trinajstić information content (AvgIpc) is 2.59. The van der Waals surface area contributed by atoms with Gasteiger partial charge >= 0.3 is 0 Å². The minimum absolute atomic E-state index is 0.133. The quantitative estimate of drug-likeness (QED) is 0.662. The number of hydroxylamine groups is 1. The van der Waals surface area contributed by atoms with Crippen LogP contribution >= 0.6 is 0 Å². The lowest BCUT2D eigenvalue weighted by Gasteiger charge is -2.44. The van der Waals surface area contributed by atoms with Gasteiger partial charge in [-0.1, -0.05) is 25.3 Å². The highest BCUT2D eigenvalue weighted by Gasteiger charge is 2.35. The standard InChI is InChI=1S/C18H25FN2O2/c19-16-12-14(17(22)20-23)4-5-15(16)13-21-10-8-18(9-11-21)6-2-1-3-7-18/h4-5,12,23H,1-3,6-11,13H2,(H,20,22). The summed E-state index contributed by atoms with van der Waals surface area (Å²) in [5.74, 6) is -1.07. The van der Waals surface area contributed by atoms with Gasteiger partial charge in [-0.3, -0.25) is 14.9 Å². The Bertz CT molecular complexity index is 560. The first-order valence-corrected chi connectivity index (χ1v) is 8.57. The Morgan fingerprint density at radius 2 is 1.87 bits per heavy atom. The van der Waals surface area contributed by atoms with Crippen LogP contribution in [0.15, 0.2) is 18.2 Å². The maximum atomic E-state index is 14.2. The van der Waals surface area contributed by atoms with Gasteiger partial charge in [0.25, 0.3) is 5.91 Å². The highest BCUT2D eigenvalue weighted by Crippen LogP contribution is 2.44. The van der Waals surface area contributed by atoms with Crippen LogP contribution in [0.5, 0.6) is 0 Å². The van der Waals surface area contributed by atoms with E-state index >= 15 is 0 Å². The number of hydrogen-bond donors (Lipinski definition) is 2. The topological polar surface area (TPSA) is 52.6 Å². The number of piperidine rings is 1. The first-order valence-electron chi connectivity index (χ1n) is 8.57. The van der Waals surface area contributed by atoms with Crippen LogP contribution in [0, 0.1) is 11.2 Å². The summed E-state index contributed by atoms with van der Waals surface area (Å²) in [7, 11) is 0. The zero-order chi connectivity index (χ0) is 16.3. The summed E-state index contributed by atoms with van der Waals surface area (Å²) < 4.78 is 14.2. The second kappa shape index (κ2) is 6.97. The molecule has 1 aliphatic heterocycles. The van der Waals surface area contributed by atoms with Crippen LogP contribution in [0.25, 0.3) is 0 Å². The second-order valence-corrected chi connectivity index (χ2v) is 7.08. The number of halogens is 1. The number of hydrogen-bond acceptors (Lipinski definition) is 3. The molecule has 0 radical (unpaired) electrons. The van der Waals surface area contributed by atoms with Gasteiger partial charge in [-0.15, -0.1) is 0 Å². The van der Waals surface area contributed by atoms with Crippen molar-refractivity contribution in [1.29, 1.82) is 0 Å². The highest BCUT2D eigenvalue weighted by molar-refractivity contribution is 5.93. The van der Waals surface area contributed by atoms with Gasteiger partial charge < -0.3 is 0 Å². The molecule has 2 aliphatic rings. The minimum atomic E-state index is -0.687. The Kier molecular flexibility index (Phi) is 4.97. The summed E-state index contributed by atoms with van der Waals surface area (Å²) in [6, 6.07) is 4.38. The van der Waals surface area contributed by atoms with Crippen molar-refractivity contribution in [2.45, 2.75) is 51.5 Å². The average molecular weight is 320 g/mol. The number of amides is 1. The summed E-state index contributed by atoms with van der Waals surface area (Å²) in [6.45, 7) is 2.64. The summed E-state index contributed by atoms with van der Waals surface area (Å²) in [4.78, 5) is 13.6. The summed E-state index contributed by atoms with van der Waals surface area (Å²) >= 11 is 0. The number of rotatable bonds is 3. The molecule has 1 amide bonds. The smallest absolute Gasteiger partial charge is 0.274 e. The lowest BCUT2D eigenvalue weighted by molar-refractivity contribution is 0.0635. The predicted molar refractivity (Wildman–Crippen MR) is 85.7 cm³/mol. The predicted octanol–water partition coefficient (Wildman–Crippen LogP) is 3.49. The van der Waals surface area contributed by atoms with E-state index < -0.39 is 5.91 Å². The van der Waals surface area contributed by atoms with Gasteiger partial charge in [0, 0.05) is 17.7 Å². The van der Waals surface area contributed by atoms with E-state index in [2.05, 4.69) is 4.90 Å². The molecule has 4 nitrogen and oxygen atoms in total. The van der Waals surface area contributed by atoms with Gasteiger partial charge in [-0.25, -0.2) is 9.87 Å². The molecule has 2 fully saturated rings. The molecule has 1 aromatic rings. The fourth-order valence-electron chi connectivity index (χ4n) is 4.11. The van der Waals surface area contributed by atoms with Crippen molar-refractivity contribution in [2.75, 3.05) is 13.1 Å². The van der Waals surface area contributed by atoms with E-state index in [1.54, 1.807) is 12.1 Å². The second-order valence-electron chi connectivity index (χ2n) is 7.08. The van der Waals surface area contributed by atoms with Crippen LogP contribution in [0.1, 0.15) is 60.9 Å². The fourth-order valence-corrected chi connectivity index (χ4v) is 4.11. The third kappa shape index (κ3) is 3.72. The van der Waals surface area contributed by atoms with Gasteiger partial charge in [-0.2, -0.15) is 0 Å². The molecule has 3 rings (SSSR count). The lowest BCUT2D eigenvalue weighted by atomic mass is 9.68. The fraction of sp³-hybridized carbons (Fsp3) is 0.611. The van der Waals surface area contributed by atoms with Gasteiger partial charge in [-0.05, 0) is 56.3 Å². The van der Waals surface area contributed by atoms with E-state index in [4.69, 9.17) is 5.21 Å². The maximum Gasteiger partial charge on any atom is 0.274 e. The zero-order valence-electron chi connectivity index (χ0n) is 13.5. The van der Waals surface area contributed by atoms with Crippen LogP contribution < -0.4 is 5.48 Å². The van der Waals surface area contributed by atoms with E-state index in [0.717, 1.165) is 13.1 Å². The minimum Gasteiger partial charge on any atom is -0.299 e. The number of nitrogens with zero attached hydrogens (tertiary/aromatic N) is 1. The molecule has 0 aromatic heterocycles.